The molecule has 4 nitrogen and oxygen atoms in total. The van der Waals surface area contributed by atoms with Crippen molar-refractivity contribution in [3.63, 3.8) is 0 Å². The lowest BCUT2D eigenvalue weighted by atomic mass is 9.85. The molecule has 0 aromatic carbocycles. The van der Waals surface area contributed by atoms with Crippen LogP contribution in [0.1, 0.15) is 59.8 Å². The smallest absolute Gasteiger partial charge is 0.308 e. The number of ether oxygens (including phenoxy) is 1. The van der Waals surface area contributed by atoms with E-state index in [1.807, 2.05) is 13.8 Å². The van der Waals surface area contributed by atoms with Gasteiger partial charge in [0.25, 0.3) is 0 Å². The summed E-state index contributed by atoms with van der Waals surface area (Å²) in [5, 5.41) is 13.8. The van der Waals surface area contributed by atoms with Crippen LogP contribution in [0.2, 0.25) is 0 Å². The summed E-state index contributed by atoms with van der Waals surface area (Å²) >= 11 is 0. The molecule has 1 aliphatic carbocycles. The first-order valence-electron chi connectivity index (χ1n) is 7.96. The molecule has 3 unspecified atom stereocenters. The molecule has 0 bridgehead atoms. The van der Waals surface area contributed by atoms with Gasteiger partial charge in [-0.25, -0.2) is 0 Å². The van der Waals surface area contributed by atoms with Crippen LogP contribution in [0.25, 0.3) is 0 Å². The van der Waals surface area contributed by atoms with Crippen LogP contribution in [0.5, 0.6) is 0 Å². The van der Waals surface area contributed by atoms with Gasteiger partial charge < -0.3 is 15.2 Å². The van der Waals surface area contributed by atoms with Crippen molar-refractivity contribution >= 4 is 5.97 Å². The van der Waals surface area contributed by atoms with E-state index < -0.39 is 5.60 Å². The number of rotatable bonds is 7. The first kappa shape index (κ1) is 17.4. The van der Waals surface area contributed by atoms with Crippen LogP contribution < -0.4 is 5.32 Å². The minimum atomic E-state index is -0.676. The van der Waals surface area contributed by atoms with E-state index in [0.717, 1.165) is 32.1 Å². The normalized spacial score (nSPS) is 26.3. The highest BCUT2D eigenvalue weighted by Gasteiger charge is 2.30. The second kappa shape index (κ2) is 7.99. The van der Waals surface area contributed by atoms with E-state index >= 15 is 0 Å². The number of esters is 1. The second-order valence-electron chi connectivity index (χ2n) is 6.79. The molecule has 3 atom stereocenters. The van der Waals surface area contributed by atoms with Crippen LogP contribution in [0.4, 0.5) is 0 Å². The molecule has 118 valence electrons. The third-order valence-corrected chi connectivity index (χ3v) is 3.91. The lowest BCUT2D eigenvalue weighted by Crippen LogP contribution is -2.45. The first-order valence-corrected chi connectivity index (χ1v) is 7.96. The van der Waals surface area contributed by atoms with E-state index in [1.165, 1.54) is 0 Å². The van der Waals surface area contributed by atoms with Gasteiger partial charge in [-0.05, 0) is 45.4 Å². The molecule has 0 saturated heterocycles. The lowest BCUT2D eigenvalue weighted by Gasteiger charge is -2.32. The van der Waals surface area contributed by atoms with E-state index in [0.29, 0.717) is 25.1 Å². The summed E-state index contributed by atoms with van der Waals surface area (Å²) in [6.07, 6.45) is 4.67. The Kier molecular flexibility index (Phi) is 6.96. The number of hydrogen-bond acceptors (Lipinski definition) is 4. The standard InChI is InChI=1S/C16H31NO3/c1-5-20-15(18)13-7-6-8-14(9-13)17-11-16(4,19)10-12(2)3/h12-14,17,19H,5-11H2,1-4H3. The Morgan fingerprint density at radius 3 is 2.75 bits per heavy atom. The average Bonchev–Trinajstić information content (AvgIpc) is 2.36. The predicted octanol–water partition coefficient (Wildman–Crippen LogP) is 2.50. The van der Waals surface area contributed by atoms with Gasteiger partial charge in [-0.1, -0.05) is 20.3 Å². The monoisotopic (exact) mass is 285 g/mol. The van der Waals surface area contributed by atoms with Crippen LogP contribution in [0.15, 0.2) is 0 Å². The maximum absolute atomic E-state index is 11.8. The molecule has 0 aromatic heterocycles. The van der Waals surface area contributed by atoms with Gasteiger partial charge in [0.2, 0.25) is 0 Å². The fourth-order valence-corrected chi connectivity index (χ4v) is 3.17. The molecular formula is C16H31NO3. The largest absolute Gasteiger partial charge is 0.466 e. The van der Waals surface area contributed by atoms with Crippen LogP contribution in [0, 0.1) is 11.8 Å². The van der Waals surface area contributed by atoms with Crippen LogP contribution in [-0.4, -0.2) is 35.9 Å². The van der Waals surface area contributed by atoms with Crippen molar-refractivity contribution in [3.05, 3.63) is 0 Å². The molecular weight excluding hydrogens is 254 g/mol. The van der Waals surface area contributed by atoms with Crippen LogP contribution in [-0.2, 0) is 9.53 Å². The zero-order valence-corrected chi connectivity index (χ0v) is 13.4. The van der Waals surface area contributed by atoms with E-state index in [4.69, 9.17) is 4.74 Å². The van der Waals surface area contributed by atoms with Crippen LogP contribution >= 0.6 is 0 Å². The molecule has 2 N–H and O–H groups in total. The summed E-state index contributed by atoms with van der Waals surface area (Å²) in [6, 6.07) is 0.316. The van der Waals surface area contributed by atoms with Gasteiger partial charge in [0.1, 0.15) is 0 Å². The fourth-order valence-electron chi connectivity index (χ4n) is 3.17. The number of carbonyl (C=O) groups is 1. The molecule has 0 spiro atoms. The summed E-state index contributed by atoms with van der Waals surface area (Å²) in [7, 11) is 0. The van der Waals surface area contributed by atoms with E-state index in [2.05, 4.69) is 19.2 Å². The summed E-state index contributed by atoms with van der Waals surface area (Å²) in [6.45, 7) is 9.00. The van der Waals surface area contributed by atoms with Gasteiger partial charge in [-0.3, -0.25) is 4.79 Å². The van der Waals surface area contributed by atoms with Gasteiger partial charge >= 0.3 is 5.97 Å². The quantitative estimate of drug-likeness (QED) is 0.706. The Morgan fingerprint density at radius 2 is 2.15 bits per heavy atom. The highest BCUT2D eigenvalue weighted by atomic mass is 16.5. The Morgan fingerprint density at radius 1 is 1.45 bits per heavy atom. The lowest BCUT2D eigenvalue weighted by molar-refractivity contribution is -0.149. The maximum atomic E-state index is 11.8. The zero-order valence-electron chi connectivity index (χ0n) is 13.4. The molecule has 1 rings (SSSR count). The topological polar surface area (TPSA) is 58.6 Å². The molecule has 20 heavy (non-hydrogen) atoms. The molecule has 1 aliphatic rings. The number of nitrogens with one attached hydrogen (secondary N) is 1. The SMILES string of the molecule is CCOC(=O)C1CCCC(NCC(C)(O)CC(C)C)C1. The maximum Gasteiger partial charge on any atom is 0.308 e. The molecule has 4 heteroatoms. The fraction of sp³-hybridized carbons (Fsp3) is 0.938. The summed E-state index contributed by atoms with van der Waals surface area (Å²) < 4.78 is 5.11. The Bertz CT molecular complexity index is 302. The molecule has 1 saturated carbocycles. The Hall–Kier alpha value is -0.610. The van der Waals surface area contributed by atoms with Crippen molar-refractivity contribution < 1.29 is 14.6 Å². The van der Waals surface area contributed by atoms with Gasteiger partial charge in [0.15, 0.2) is 0 Å². The Balaban J connectivity index is 2.38. The summed E-state index contributed by atoms with van der Waals surface area (Å²) in [4.78, 5) is 11.8. The minimum Gasteiger partial charge on any atom is -0.466 e. The molecule has 0 heterocycles. The second-order valence-corrected chi connectivity index (χ2v) is 6.79. The van der Waals surface area contributed by atoms with E-state index in [9.17, 15) is 9.90 Å². The van der Waals surface area contributed by atoms with Gasteiger partial charge in [-0.2, -0.15) is 0 Å². The zero-order chi connectivity index (χ0) is 15.2. The number of hydrogen-bond donors (Lipinski definition) is 2. The summed E-state index contributed by atoms with van der Waals surface area (Å²) in [5.74, 6) is 0.439. The van der Waals surface area contributed by atoms with Gasteiger partial charge in [0, 0.05) is 12.6 Å². The molecule has 0 aromatic rings. The van der Waals surface area contributed by atoms with Gasteiger partial charge in [-0.15, -0.1) is 0 Å². The molecule has 0 aliphatic heterocycles. The van der Waals surface area contributed by atoms with Crippen molar-refractivity contribution in [2.45, 2.75) is 71.4 Å². The molecule has 0 radical (unpaired) electrons. The van der Waals surface area contributed by atoms with Crippen molar-refractivity contribution in [1.29, 1.82) is 0 Å². The molecule has 1 fully saturated rings. The number of carbonyl (C=O) groups excluding carboxylic acids is 1. The van der Waals surface area contributed by atoms with Crippen molar-refractivity contribution in [2.75, 3.05) is 13.2 Å². The third-order valence-electron chi connectivity index (χ3n) is 3.91. The highest BCUT2D eigenvalue weighted by Crippen LogP contribution is 2.26. The van der Waals surface area contributed by atoms with Crippen molar-refractivity contribution in [1.82, 2.24) is 5.32 Å². The van der Waals surface area contributed by atoms with E-state index in [-0.39, 0.29) is 11.9 Å². The van der Waals surface area contributed by atoms with Crippen LogP contribution in [0.3, 0.4) is 0 Å². The number of aliphatic hydroxyl groups is 1. The summed E-state index contributed by atoms with van der Waals surface area (Å²) in [5.41, 5.74) is -0.676. The first-order chi connectivity index (χ1) is 9.34. The van der Waals surface area contributed by atoms with Crippen molar-refractivity contribution in [2.24, 2.45) is 11.8 Å². The average molecular weight is 285 g/mol. The minimum absolute atomic E-state index is 0.0243. The Labute approximate surface area is 123 Å². The van der Waals surface area contributed by atoms with Crippen molar-refractivity contribution in [3.8, 4) is 0 Å². The third kappa shape index (κ3) is 6.23. The predicted molar refractivity (Wildman–Crippen MR) is 80.5 cm³/mol. The highest BCUT2D eigenvalue weighted by molar-refractivity contribution is 5.72. The van der Waals surface area contributed by atoms with Gasteiger partial charge in [0.05, 0.1) is 18.1 Å². The van der Waals surface area contributed by atoms with E-state index in [1.54, 1.807) is 0 Å². The molecule has 0 amide bonds.